The molecule has 1 aromatic heterocycles. The van der Waals surface area contributed by atoms with Crippen LogP contribution in [-0.4, -0.2) is 42.3 Å². The molecule has 4 rings (SSSR count). The molecule has 7 nitrogen and oxygen atoms in total. The van der Waals surface area contributed by atoms with Crippen molar-refractivity contribution in [3.05, 3.63) is 88.7 Å². The van der Waals surface area contributed by atoms with Gasteiger partial charge in [0.15, 0.2) is 0 Å². The van der Waals surface area contributed by atoms with Crippen LogP contribution in [0.15, 0.2) is 77.1 Å². The van der Waals surface area contributed by atoms with Gasteiger partial charge in [-0.1, -0.05) is 49.2 Å². The molecule has 8 heteroatoms. The monoisotopic (exact) mass is 521 g/mol. The van der Waals surface area contributed by atoms with Crippen LogP contribution in [0.3, 0.4) is 0 Å². The van der Waals surface area contributed by atoms with Crippen LogP contribution < -0.4 is 10.7 Å². The first-order valence-corrected chi connectivity index (χ1v) is 14.4. The number of fused-ring (bicyclic) bond motifs is 1. The Labute approximate surface area is 218 Å². The predicted octanol–water partition coefficient (Wildman–Crippen LogP) is 4.50. The number of hydrogen-bond donors (Lipinski definition) is 1. The second kappa shape index (κ2) is 11.9. The lowest BCUT2D eigenvalue weighted by atomic mass is 10.1. The molecule has 0 spiro atoms. The van der Waals surface area contributed by atoms with E-state index in [4.69, 9.17) is 0 Å². The van der Waals surface area contributed by atoms with E-state index in [2.05, 4.69) is 11.9 Å². The van der Waals surface area contributed by atoms with Crippen molar-refractivity contribution in [2.45, 2.75) is 62.9 Å². The topological polar surface area (TPSA) is 88.5 Å². The summed E-state index contributed by atoms with van der Waals surface area (Å²) >= 11 is 0. The first-order chi connectivity index (χ1) is 17.8. The highest BCUT2D eigenvalue weighted by atomic mass is 32.2. The standard InChI is InChI=1S/C29H35N3O4S/c1-3-17-31-21-26(29(34)30-22(2)13-14-23-11-7-6-8-12-23)28(33)25-20-24(15-16-27(25)31)37(35,36)32-18-9-4-5-10-19-32/h3,6-8,11-12,15-16,20-22H,1,4-5,9-10,13-14,17-19H2,2H3,(H,30,34). The Morgan fingerprint density at radius 3 is 2.46 bits per heavy atom. The molecule has 1 fully saturated rings. The lowest BCUT2D eigenvalue weighted by Crippen LogP contribution is -2.36. The maximum absolute atomic E-state index is 13.5. The van der Waals surface area contributed by atoms with Gasteiger partial charge in [-0.25, -0.2) is 8.42 Å². The second-order valence-corrected chi connectivity index (χ2v) is 11.6. The smallest absolute Gasteiger partial charge is 0.256 e. The number of benzene rings is 2. The minimum atomic E-state index is -3.74. The quantitative estimate of drug-likeness (QED) is 0.420. The molecule has 0 saturated carbocycles. The Morgan fingerprint density at radius 2 is 1.78 bits per heavy atom. The summed E-state index contributed by atoms with van der Waals surface area (Å²) in [7, 11) is -3.74. The first kappa shape index (κ1) is 26.8. The van der Waals surface area contributed by atoms with Gasteiger partial charge in [-0.05, 0) is 56.4 Å². The third-order valence-electron chi connectivity index (χ3n) is 6.91. The van der Waals surface area contributed by atoms with Crippen molar-refractivity contribution in [1.29, 1.82) is 0 Å². The van der Waals surface area contributed by atoms with E-state index < -0.39 is 21.4 Å². The van der Waals surface area contributed by atoms with Gasteiger partial charge in [0, 0.05) is 37.3 Å². The molecule has 2 heterocycles. The number of aromatic nitrogens is 1. The molecular formula is C29H35N3O4S. The van der Waals surface area contributed by atoms with Gasteiger partial charge in [0.05, 0.1) is 10.4 Å². The van der Waals surface area contributed by atoms with Gasteiger partial charge in [0.1, 0.15) is 5.56 Å². The summed E-state index contributed by atoms with van der Waals surface area (Å²) in [6.45, 7) is 7.03. The molecule has 37 heavy (non-hydrogen) atoms. The Kier molecular flexibility index (Phi) is 8.61. The molecule has 1 aliphatic rings. The maximum atomic E-state index is 13.5. The zero-order chi connectivity index (χ0) is 26.4. The fraction of sp³-hybridized carbons (Fsp3) is 0.379. The number of amides is 1. The molecule has 1 saturated heterocycles. The molecule has 1 atom stereocenters. The molecule has 1 unspecified atom stereocenters. The van der Waals surface area contributed by atoms with Crippen LogP contribution >= 0.6 is 0 Å². The Morgan fingerprint density at radius 1 is 1.08 bits per heavy atom. The van der Waals surface area contributed by atoms with Crippen molar-refractivity contribution >= 4 is 26.8 Å². The van der Waals surface area contributed by atoms with Crippen molar-refractivity contribution in [1.82, 2.24) is 14.2 Å². The maximum Gasteiger partial charge on any atom is 0.256 e. The molecule has 0 aliphatic carbocycles. The number of carbonyl (C=O) groups excluding carboxylic acids is 1. The van der Waals surface area contributed by atoms with Crippen LogP contribution in [-0.2, 0) is 23.0 Å². The molecule has 0 radical (unpaired) electrons. The lowest BCUT2D eigenvalue weighted by Gasteiger charge is -2.20. The van der Waals surface area contributed by atoms with Crippen LogP contribution in [0.4, 0.5) is 0 Å². The highest BCUT2D eigenvalue weighted by Gasteiger charge is 2.26. The molecule has 2 aromatic carbocycles. The minimum Gasteiger partial charge on any atom is -0.349 e. The largest absolute Gasteiger partial charge is 0.349 e. The molecule has 1 N–H and O–H groups in total. The van der Waals surface area contributed by atoms with Crippen molar-refractivity contribution in [3.63, 3.8) is 0 Å². The number of nitrogens with one attached hydrogen (secondary N) is 1. The van der Waals surface area contributed by atoms with E-state index in [9.17, 15) is 18.0 Å². The molecule has 1 amide bonds. The van der Waals surface area contributed by atoms with Crippen molar-refractivity contribution in [2.24, 2.45) is 0 Å². The highest BCUT2D eigenvalue weighted by molar-refractivity contribution is 7.89. The van der Waals surface area contributed by atoms with Crippen LogP contribution in [0.1, 0.15) is 54.9 Å². The summed E-state index contributed by atoms with van der Waals surface area (Å²) < 4.78 is 30.0. The van der Waals surface area contributed by atoms with Crippen molar-refractivity contribution in [2.75, 3.05) is 13.1 Å². The van der Waals surface area contributed by atoms with Crippen LogP contribution in [0.5, 0.6) is 0 Å². The van der Waals surface area contributed by atoms with Gasteiger partial charge in [-0.2, -0.15) is 4.31 Å². The zero-order valence-electron chi connectivity index (χ0n) is 21.4. The number of aryl methyl sites for hydroxylation is 1. The summed E-state index contributed by atoms with van der Waals surface area (Å²) in [5.41, 5.74) is 1.26. The summed E-state index contributed by atoms with van der Waals surface area (Å²) in [5, 5.41) is 3.15. The van der Waals surface area contributed by atoms with Crippen LogP contribution in [0.25, 0.3) is 10.9 Å². The highest BCUT2D eigenvalue weighted by Crippen LogP contribution is 2.23. The third-order valence-corrected chi connectivity index (χ3v) is 8.81. The number of sulfonamides is 1. The molecule has 1 aliphatic heterocycles. The van der Waals surface area contributed by atoms with E-state index in [1.165, 1.54) is 22.1 Å². The fourth-order valence-corrected chi connectivity index (χ4v) is 6.37. The Hall–Kier alpha value is -3.23. The Balaban J connectivity index is 1.64. The number of hydrogen-bond acceptors (Lipinski definition) is 4. The zero-order valence-corrected chi connectivity index (χ0v) is 22.2. The average Bonchev–Trinajstić information content (AvgIpc) is 3.20. The van der Waals surface area contributed by atoms with Gasteiger partial charge < -0.3 is 9.88 Å². The fourth-order valence-electron chi connectivity index (χ4n) is 4.82. The second-order valence-electron chi connectivity index (χ2n) is 9.71. The van der Waals surface area contributed by atoms with E-state index in [1.807, 2.05) is 37.3 Å². The summed E-state index contributed by atoms with van der Waals surface area (Å²) in [6.07, 6.45) is 8.42. The minimum absolute atomic E-state index is 0.00904. The van der Waals surface area contributed by atoms with Gasteiger partial charge in [0.2, 0.25) is 15.5 Å². The van der Waals surface area contributed by atoms with Crippen LogP contribution in [0, 0.1) is 0 Å². The number of allylic oxidation sites excluding steroid dienone is 1. The average molecular weight is 522 g/mol. The first-order valence-electron chi connectivity index (χ1n) is 12.9. The summed E-state index contributed by atoms with van der Waals surface area (Å²) in [4.78, 5) is 26.7. The SMILES string of the molecule is C=CCn1cc(C(=O)NC(C)CCc2ccccc2)c(=O)c2cc(S(=O)(=O)N3CCCCCC3)ccc21. The lowest BCUT2D eigenvalue weighted by molar-refractivity contribution is 0.0937. The van der Waals surface area contributed by atoms with Gasteiger partial charge >= 0.3 is 0 Å². The normalized spacial score (nSPS) is 15.7. The van der Waals surface area contributed by atoms with Crippen molar-refractivity contribution in [3.8, 4) is 0 Å². The van der Waals surface area contributed by atoms with Crippen LogP contribution in [0.2, 0.25) is 0 Å². The molecule has 3 aromatic rings. The summed E-state index contributed by atoms with van der Waals surface area (Å²) in [6, 6.07) is 14.5. The van der Waals surface area contributed by atoms with E-state index in [0.29, 0.717) is 25.2 Å². The summed E-state index contributed by atoms with van der Waals surface area (Å²) in [5.74, 6) is -0.467. The van der Waals surface area contributed by atoms with E-state index in [-0.39, 0.29) is 21.9 Å². The number of carbonyl (C=O) groups is 1. The Bertz CT molecular complexity index is 1420. The predicted molar refractivity (Wildman–Crippen MR) is 147 cm³/mol. The number of pyridine rings is 1. The molecular weight excluding hydrogens is 486 g/mol. The van der Waals surface area contributed by atoms with E-state index >= 15 is 0 Å². The third kappa shape index (κ3) is 6.19. The van der Waals surface area contributed by atoms with E-state index in [0.717, 1.165) is 38.5 Å². The number of rotatable bonds is 9. The van der Waals surface area contributed by atoms with Gasteiger partial charge in [-0.15, -0.1) is 6.58 Å². The van der Waals surface area contributed by atoms with Gasteiger partial charge in [-0.3, -0.25) is 9.59 Å². The van der Waals surface area contributed by atoms with E-state index in [1.54, 1.807) is 22.8 Å². The van der Waals surface area contributed by atoms with Crippen molar-refractivity contribution < 1.29 is 13.2 Å². The molecule has 0 bridgehead atoms. The molecule has 196 valence electrons. The number of nitrogens with zero attached hydrogens (tertiary/aromatic N) is 2. The van der Waals surface area contributed by atoms with Gasteiger partial charge in [0.25, 0.3) is 5.91 Å².